The first-order valence-corrected chi connectivity index (χ1v) is 8.44. The van der Waals surface area contributed by atoms with Gasteiger partial charge in [0.2, 0.25) is 11.8 Å². The minimum absolute atomic E-state index is 0.0256. The Bertz CT molecular complexity index is 771. The Kier molecular flexibility index (Phi) is 5.03. The van der Waals surface area contributed by atoms with E-state index in [0.29, 0.717) is 17.2 Å². The van der Waals surface area contributed by atoms with E-state index in [0.717, 1.165) is 6.42 Å². The Balaban J connectivity index is 1.49. The first kappa shape index (κ1) is 17.0. The van der Waals surface area contributed by atoms with Gasteiger partial charge < -0.3 is 15.8 Å². The molecule has 1 aliphatic carbocycles. The molecule has 2 aromatic carbocycles. The van der Waals surface area contributed by atoms with E-state index >= 15 is 0 Å². The number of primary amides is 1. The number of fused-ring (bicyclic) bond motifs is 1. The lowest BCUT2D eigenvalue weighted by Gasteiger charge is -2.19. The standard InChI is InChI=1S/C20H22N2O3/c1-13-12-15-4-2-3-5-17(15)19(13)22-18(23)10-11-25-16-8-6-14(7-9-16)20(21)24/h2-9,13,19H,10-12H2,1H3,(H2,21,24)(H,22,23)/t13-,19+/m1/s1. The summed E-state index contributed by atoms with van der Waals surface area (Å²) in [4.78, 5) is 23.3. The molecule has 1 aliphatic rings. The second-order valence-electron chi connectivity index (χ2n) is 6.41. The van der Waals surface area contributed by atoms with Crippen LogP contribution < -0.4 is 15.8 Å². The number of nitrogens with one attached hydrogen (secondary N) is 1. The summed E-state index contributed by atoms with van der Waals surface area (Å²) >= 11 is 0. The fourth-order valence-electron chi connectivity index (χ4n) is 3.24. The number of carbonyl (C=O) groups excluding carboxylic acids is 2. The van der Waals surface area contributed by atoms with Crippen molar-refractivity contribution in [2.75, 3.05) is 6.61 Å². The minimum atomic E-state index is -0.475. The summed E-state index contributed by atoms with van der Waals surface area (Å²) in [5.41, 5.74) is 8.15. The van der Waals surface area contributed by atoms with Crippen LogP contribution in [0, 0.1) is 5.92 Å². The van der Waals surface area contributed by atoms with E-state index in [2.05, 4.69) is 24.4 Å². The molecule has 2 aromatic rings. The second kappa shape index (κ2) is 7.38. The summed E-state index contributed by atoms with van der Waals surface area (Å²) < 4.78 is 5.56. The molecule has 3 N–H and O–H groups in total. The highest BCUT2D eigenvalue weighted by molar-refractivity contribution is 5.92. The lowest BCUT2D eigenvalue weighted by molar-refractivity contribution is -0.122. The summed E-state index contributed by atoms with van der Waals surface area (Å²) in [6.45, 7) is 2.44. The van der Waals surface area contributed by atoms with E-state index in [-0.39, 0.29) is 25.0 Å². The molecule has 25 heavy (non-hydrogen) atoms. The average Bonchev–Trinajstić information content (AvgIpc) is 2.91. The Labute approximate surface area is 147 Å². The highest BCUT2D eigenvalue weighted by Gasteiger charge is 2.29. The van der Waals surface area contributed by atoms with Gasteiger partial charge in [0.1, 0.15) is 5.75 Å². The quantitative estimate of drug-likeness (QED) is 0.849. The maximum absolute atomic E-state index is 12.2. The monoisotopic (exact) mass is 338 g/mol. The van der Waals surface area contributed by atoms with Gasteiger partial charge in [-0.15, -0.1) is 0 Å². The van der Waals surface area contributed by atoms with Gasteiger partial charge in [-0.25, -0.2) is 0 Å². The number of nitrogens with two attached hydrogens (primary N) is 1. The van der Waals surface area contributed by atoms with Crippen molar-refractivity contribution in [3.63, 3.8) is 0 Å². The van der Waals surface area contributed by atoms with Crippen LogP contribution in [0.5, 0.6) is 5.75 Å². The smallest absolute Gasteiger partial charge is 0.248 e. The normalized spacial score (nSPS) is 18.4. The van der Waals surface area contributed by atoms with Crippen LogP contribution in [0.25, 0.3) is 0 Å². The van der Waals surface area contributed by atoms with Crippen LogP contribution in [0.2, 0.25) is 0 Å². The van der Waals surface area contributed by atoms with E-state index < -0.39 is 5.91 Å². The summed E-state index contributed by atoms with van der Waals surface area (Å²) in [5, 5.41) is 3.12. The summed E-state index contributed by atoms with van der Waals surface area (Å²) in [6, 6.07) is 14.9. The Hall–Kier alpha value is -2.82. The molecule has 0 aliphatic heterocycles. The Morgan fingerprint density at radius 3 is 2.60 bits per heavy atom. The summed E-state index contributed by atoms with van der Waals surface area (Å²) in [5.74, 6) is 0.500. The molecule has 2 amide bonds. The zero-order valence-electron chi connectivity index (χ0n) is 14.2. The van der Waals surface area contributed by atoms with Crippen molar-refractivity contribution in [1.82, 2.24) is 5.32 Å². The van der Waals surface area contributed by atoms with Crippen LogP contribution in [0.1, 0.15) is 40.9 Å². The predicted molar refractivity (Wildman–Crippen MR) is 95.3 cm³/mol. The van der Waals surface area contributed by atoms with Crippen molar-refractivity contribution in [2.24, 2.45) is 11.7 Å². The van der Waals surface area contributed by atoms with E-state index in [4.69, 9.17) is 10.5 Å². The van der Waals surface area contributed by atoms with Crippen LogP contribution in [0.15, 0.2) is 48.5 Å². The third-order valence-electron chi connectivity index (χ3n) is 4.55. The topological polar surface area (TPSA) is 81.4 Å². The zero-order valence-corrected chi connectivity index (χ0v) is 14.2. The van der Waals surface area contributed by atoms with Gasteiger partial charge in [-0.05, 0) is 47.7 Å². The SMILES string of the molecule is C[C@@H]1Cc2ccccc2[C@H]1NC(=O)CCOc1ccc(C(N)=O)cc1. The minimum Gasteiger partial charge on any atom is -0.493 e. The van der Waals surface area contributed by atoms with Gasteiger partial charge in [-0.3, -0.25) is 9.59 Å². The number of benzene rings is 2. The molecule has 2 atom stereocenters. The fourth-order valence-corrected chi connectivity index (χ4v) is 3.24. The van der Waals surface area contributed by atoms with E-state index in [9.17, 15) is 9.59 Å². The first-order valence-electron chi connectivity index (χ1n) is 8.44. The van der Waals surface area contributed by atoms with Crippen molar-refractivity contribution in [2.45, 2.75) is 25.8 Å². The van der Waals surface area contributed by atoms with Gasteiger partial charge in [0.25, 0.3) is 0 Å². The molecule has 0 bridgehead atoms. The van der Waals surface area contributed by atoms with E-state index in [1.54, 1.807) is 24.3 Å². The van der Waals surface area contributed by atoms with E-state index in [1.807, 2.05) is 12.1 Å². The number of ether oxygens (including phenoxy) is 1. The molecule has 0 heterocycles. The molecule has 0 unspecified atom stereocenters. The third kappa shape index (κ3) is 3.99. The number of amides is 2. The summed E-state index contributed by atoms with van der Waals surface area (Å²) in [6.07, 6.45) is 1.27. The molecule has 0 aromatic heterocycles. The lowest BCUT2D eigenvalue weighted by atomic mass is 10.0. The van der Waals surface area contributed by atoms with Crippen LogP contribution in [-0.4, -0.2) is 18.4 Å². The fraction of sp³-hybridized carbons (Fsp3) is 0.300. The number of hydrogen-bond donors (Lipinski definition) is 2. The maximum atomic E-state index is 12.2. The summed E-state index contributed by atoms with van der Waals surface area (Å²) in [7, 11) is 0. The van der Waals surface area contributed by atoms with Gasteiger partial charge in [0, 0.05) is 5.56 Å². The molecule has 3 rings (SSSR count). The van der Waals surface area contributed by atoms with Gasteiger partial charge in [0.15, 0.2) is 0 Å². The molecular formula is C20H22N2O3. The van der Waals surface area contributed by atoms with Crippen LogP contribution in [-0.2, 0) is 11.2 Å². The van der Waals surface area contributed by atoms with Crippen LogP contribution in [0.4, 0.5) is 0 Å². The largest absolute Gasteiger partial charge is 0.493 e. The first-order chi connectivity index (χ1) is 12.0. The Morgan fingerprint density at radius 1 is 1.16 bits per heavy atom. The lowest BCUT2D eigenvalue weighted by Crippen LogP contribution is -2.31. The molecular weight excluding hydrogens is 316 g/mol. The van der Waals surface area contributed by atoms with Crippen molar-refractivity contribution < 1.29 is 14.3 Å². The van der Waals surface area contributed by atoms with Crippen molar-refractivity contribution in [3.05, 3.63) is 65.2 Å². The highest BCUT2D eigenvalue weighted by atomic mass is 16.5. The Morgan fingerprint density at radius 2 is 1.88 bits per heavy atom. The van der Waals surface area contributed by atoms with Gasteiger partial charge in [0.05, 0.1) is 19.1 Å². The van der Waals surface area contributed by atoms with Crippen molar-refractivity contribution >= 4 is 11.8 Å². The number of rotatable bonds is 6. The zero-order chi connectivity index (χ0) is 17.8. The van der Waals surface area contributed by atoms with Crippen molar-refractivity contribution in [3.8, 4) is 5.75 Å². The molecule has 0 radical (unpaired) electrons. The van der Waals surface area contributed by atoms with Gasteiger partial charge in [-0.2, -0.15) is 0 Å². The number of carbonyl (C=O) groups is 2. The van der Waals surface area contributed by atoms with Gasteiger partial charge in [-0.1, -0.05) is 31.2 Å². The maximum Gasteiger partial charge on any atom is 0.248 e. The predicted octanol–water partition coefficient (Wildman–Crippen LogP) is 2.60. The highest BCUT2D eigenvalue weighted by Crippen LogP contribution is 2.35. The number of hydrogen-bond acceptors (Lipinski definition) is 3. The van der Waals surface area contributed by atoms with Crippen molar-refractivity contribution in [1.29, 1.82) is 0 Å². The molecule has 130 valence electrons. The molecule has 5 heteroatoms. The molecule has 0 fully saturated rings. The molecule has 0 saturated heterocycles. The molecule has 0 saturated carbocycles. The van der Waals surface area contributed by atoms with Gasteiger partial charge >= 0.3 is 0 Å². The molecule has 5 nitrogen and oxygen atoms in total. The third-order valence-corrected chi connectivity index (χ3v) is 4.55. The average molecular weight is 338 g/mol. The van der Waals surface area contributed by atoms with E-state index in [1.165, 1.54) is 11.1 Å². The van der Waals surface area contributed by atoms with Crippen LogP contribution >= 0.6 is 0 Å². The van der Waals surface area contributed by atoms with Crippen LogP contribution in [0.3, 0.4) is 0 Å². The second-order valence-corrected chi connectivity index (χ2v) is 6.41. The molecule has 0 spiro atoms.